The van der Waals surface area contributed by atoms with Gasteiger partial charge in [0.2, 0.25) is 0 Å². The van der Waals surface area contributed by atoms with Gasteiger partial charge in [-0.25, -0.2) is 0 Å². The predicted molar refractivity (Wildman–Crippen MR) is 85.5 cm³/mol. The average molecular weight is 271 g/mol. The summed E-state index contributed by atoms with van der Waals surface area (Å²) in [6.07, 6.45) is 4.77. The van der Waals surface area contributed by atoms with Crippen molar-refractivity contribution < 1.29 is 4.79 Å². The lowest BCUT2D eigenvalue weighted by molar-refractivity contribution is 0.112. The summed E-state index contributed by atoms with van der Waals surface area (Å²) in [5.41, 5.74) is 4.64. The zero-order chi connectivity index (χ0) is 14.7. The molecule has 2 nitrogen and oxygen atoms in total. The summed E-state index contributed by atoms with van der Waals surface area (Å²) in [4.78, 5) is 10.9. The number of carbonyl (C=O) groups is 1. The standard InChI is InChI=1S/C18H25NO/c1-5-6-7-13(2)11-19-15(4)14(3)17-10-16(12-20)8-9-18(17)19/h8-10,12-13H,5-7,11H2,1-4H3. The third kappa shape index (κ3) is 2.79. The molecule has 0 aliphatic rings. The van der Waals surface area contributed by atoms with Crippen molar-refractivity contribution in [3.63, 3.8) is 0 Å². The molecule has 0 fully saturated rings. The van der Waals surface area contributed by atoms with Crippen molar-refractivity contribution in [3.8, 4) is 0 Å². The Morgan fingerprint density at radius 3 is 2.70 bits per heavy atom. The van der Waals surface area contributed by atoms with Crippen LogP contribution in [-0.4, -0.2) is 10.9 Å². The smallest absolute Gasteiger partial charge is 0.150 e. The van der Waals surface area contributed by atoms with Crippen molar-refractivity contribution in [3.05, 3.63) is 35.0 Å². The molecule has 1 unspecified atom stereocenters. The first-order valence-electron chi connectivity index (χ1n) is 7.63. The summed E-state index contributed by atoms with van der Waals surface area (Å²) in [5, 5.41) is 1.22. The number of benzene rings is 1. The van der Waals surface area contributed by atoms with Crippen LogP contribution in [0.5, 0.6) is 0 Å². The van der Waals surface area contributed by atoms with Crippen LogP contribution in [-0.2, 0) is 6.54 Å². The molecule has 0 saturated heterocycles. The molecule has 0 aliphatic carbocycles. The number of unbranched alkanes of at least 4 members (excludes halogenated alkanes) is 1. The molecule has 2 aromatic rings. The van der Waals surface area contributed by atoms with E-state index >= 15 is 0 Å². The second kappa shape index (κ2) is 6.25. The predicted octanol–water partition coefficient (Wildman–Crippen LogP) is 4.90. The molecule has 1 aromatic heterocycles. The van der Waals surface area contributed by atoms with E-state index in [9.17, 15) is 4.79 Å². The van der Waals surface area contributed by atoms with Crippen molar-refractivity contribution in [2.45, 2.75) is 53.5 Å². The largest absolute Gasteiger partial charge is 0.344 e. The van der Waals surface area contributed by atoms with Gasteiger partial charge in [0.15, 0.2) is 0 Å². The molecule has 0 spiro atoms. The van der Waals surface area contributed by atoms with Crippen LogP contribution in [0.3, 0.4) is 0 Å². The molecule has 20 heavy (non-hydrogen) atoms. The monoisotopic (exact) mass is 271 g/mol. The van der Waals surface area contributed by atoms with Crippen molar-refractivity contribution in [1.29, 1.82) is 0 Å². The summed E-state index contributed by atoms with van der Waals surface area (Å²) in [5.74, 6) is 0.689. The molecule has 0 radical (unpaired) electrons. The normalized spacial score (nSPS) is 12.8. The van der Waals surface area contributed by atoms with Gasteiger partial charge in [0.05, 0.1) is 0 Å². The molecular formula is C18H25NO. The van der Waals surface area contributed by atoms with E-state index in [0.29, 0.717) is 5.92 Å². The van der Waals surface area contributed by atoms with Crippen LogP contribution in [0.2, 0.25) is 0 Å². The number of hydrogen-bond acceptors (Lipinski definition) is 1. The van der Waals surface area contributed by atoms with Gasteiger partial charge in [-0.05, 0) is 49.9 Å². The number of aryl methyl sites for hydroxylation is 1. The van der Waals surface area contributed by atoms with Crippen LogP contribution in [0.4, 0.5) is 0 Å². The molecule has 2 heteroatoms. The van der Waals surface area contributed by atoms with Gasteiger partial charge in [0.25, 0.3) is 0 Å². The Hall–Kier alpha value is -1.57. The van der Waals surface area contributed by atoms with Gasteiger partial charge >= 0.3 is 0 Å². The first-order valence-corrected chi connectivity index (χ1v) is 7.63. The van der Waals surface area contributed by atoms with Crippen molar-refractivity contribution >= 4 is 17.2 Å². The van der Waals surface area contributed by atoms with Crippen LogP contribution in [0.1, 0.15) is 54.7 Å². The molecule has 1 atom stereocenters. The van der Waals surface area contributed by atoms with E-state index in [1.54, 1.807) is 0 Å². The van der Waals surface area contributed by atoms with E-state index in [2.05, 4.69) is 38.3 Å². The summed E-state index contributed by atoms with van der Waals surface area (Å²) in [6, 6.07) is 6.02. The number of hydrogen-bond donors (Lipinski definition) is 0. The highest BCUT2D eigenvalue weighted by Gasteiger charge is 2.13. The maximum Gasteiger partial charge on any atom is 0.150 e. The van der Waals surface area contributed by atoms with Crippen LogP contribution < -0.4 is 0 Å². The SMILES string of the molecule is CCCCC(C)Cn1c(C)c(C)c2cc(C=O)ccc21. The van der Waals surface area contributed by atoms with Crippen molar-refractivity contribution in [1.82, 2.24) is 4.57 Å². The van der Waals surface area contributed by atoms with Gasteiger partial charge in [-0.3, -0.25) is 4.79 Å². The fraction of sp³-hybridized carbons (Fsp3) is 0.500. The summed E-state index contributed by atoms with van der Waals surface area (Å²) in [6.45, 7) is 9.97. The van der Waals surface area contributed by atoms with Gasteiger partial charge in [0, 0.05) is 28.7 Å². The fourth-order valence-electron chi connectivity index (χ4n) is 2.93. The van der Waals surface area contributed by atoms with Crippen LogP contribution >= 0.6 is 0 Å². The highest BCUT2D eigenvalue weighted by Crippen LogP contribution is 2.27. The number of fused-ring (bicyclic) bond motifs is 1. The van der Waals surface area contributed by atoms with Crippen molar-refractivity contribution in [2.75, 3.05) is 0 Å². The molecule has 0 aliphatic heterocycles. The maximum absolute atomic E-state index is 10.9. The number of aromatic nitrogens is 1. The van der Waals surface area contributed by atoms with Gasteiger partial charge in [0.1, 0.15) is 6.29 Å². The summed E-state index contributed by atoms with van der Waals surface area (Å²) in [7, 11) is 0. The van der Waals surface area contributed by atoms with E-state index < -0.39 is 0 Å². The fourth-order valence-corrected chi connectivity index (χ4v) is 2.93. The third-order valence-corrected chi connectivity index (χ3v) is 4.34. The molecule has 0 N–H and O–H groups in total. The van der Waals surface area contributed by atoms with Gasteiger partial charge in [-0.15, -0.1) is 0 Å². The van der Waals surface area contributed by atoms with E-state index in [0.717, 1.165) is 18.4 Å². The molecule has 1 aromatic carbocycles. The number of nitrogens with zero attached hydrogens (tertiary/aromatic N) is 1. The maximum atomic E-state index is 10.9. The Morgan fingerprint density at radius 2 is 2.05 bits per heavy atom. The second-order valence-electron chi connectivity index (χ2n) is 5.96. The topological polar surface area (TPSA) is 22.0 Å². The Labute approximate surface area is 121 Å². The zero-order valence-corrected chi connectivity index (χ0v) is 13.1. The van der Waals surface area contributed by atoms with E-state index in [4.69, 9.17) is 0 Å². The molecule has 1 heterocycles. The Balaban J connectivity index is 2.38. The molecule has 0 bridgehead atoms. The highest BCUT2D eigenvalue weighted by atomic mass is 16.1. The minimum atomic E-state index is 0.689. The Kier molecular flexibility index (Phi) is 4.64. The van der Waals surface area contributed by atoms with E-state index in [-0.39, 0.29) is 0 Å². The first-order chi connectivity index (χ1) is 9.58. The number of aldehydes is 1. The first kappa shape index (κ1) is 14.8. The Bertz CT molecular complexity index is 609. The molecule has 108 valence electrons. The lowest BCUT2D eigenvalue weighted by Gasteiger charge is -2.15. The van der Waals surface area contributed by atoms with Crippen LogP contribution in [0.15, 0.2) is 18.2 Å². The molecular weight excluding hydrogens is 246 g/mol. The molecule has 0 saturated carbocycles. The summed E-state index contributed by atoms with van der Waals surface area (Å²) < 4.78 is 2.42. The van der Waals surface area contributed by atoms with Crippen LogP contribution in [0, 0.1) is 19.8 Å². The average Bonchev–Trinajstić information content (AvgIpc) is 2.69. The summed E-state index contributed by atoms with van der Waals surface area (Å²) >= 11 is 0. The lowest BCUT2D eigenvalue weighted by Crippen LogP contribution is -2.09. The van der Waals surface area contributed by atoms with E-state index in [1.165, 1.54) is 41.4 Å². The van der Waals surface area contributed by atoms with Gasteiger partial charge < -0.3 is 4.57 Å². The molecule has 0 amide bonds. The number of carbonyl (C=O) groups excluding carboxylic acids is 1. The van der Waals surface area contributed by atoms with Gasteiger partial charge in [-0.2, -0.15) is 0 Å². The minimum Gasteiger partial charge on any atom is -0.344 e. The zero-order valence-electron chi connectivity index (χ0n) is 13.1. The van der Waals surface area contributed by atoms with Gasteiger partial charge in [-0.1, -0.05) is 26.7 Å². The Morgan fingerprint density at radius 1 is 1.30 bits per heavy atom. The lowest BCUT2D eigenvalue weighted by atomic mass is 10.0. The highest BCUT2D eigenvalue weighted by molar-refractivity contribution is 5.90. The molecule has 2 rings (SSSR count). The number of rotatable bonds is 6. The minimum absolute atomic E-state index is 0.689. The quantitative estimate of drug-likeness (QED) is 0.685. The third-order valence-electron chi connectivity index (χ3n) is 4.34. The van der Waals surface area contributed by atoms with Crippen LogP contribution in [0.25, 0.3) is 10.9 Å². The van der Waals surface area contributed by atoms with Crippen molar-refractivity contribution in [2.24, 2.45) is 5.92 Å². The second-order valence-corrected chi connectivity index (χ2v) is 5.96. The van der Waals surface area contributed by atoms with E-state index in [1.807, 2.05) is 12.1 Å².